The minimum absolute atomic E-state index is 0.172. The molecule has 0 saturated carbocycles. The van der Waals surface area contributed by atoms with Gasteiger partial charge in [-0.3, -0.25) is 9.59 Å². The highest BCUT2D eigenvalue weighted by molar-refractivity contribution is 6.06. The van der Waals surface area contributed by atoms with Crippen molar-refractivity contribution in [1.82, 2.24) is 10.0 Å². The van der Waals surface area contributed by atoms with Crippen molar-refractivity contribution in [2.24, 2.45) is 0 Å². The lowest BCUT2D eigenvalue weighted by Gasteiger charge is -2.22. The summed E-state index contributed by atoms with van der Waals surface area (Å²) in [5.74, 6) is -0.375. The molecule has 1 N–H and O–H groups in total. The molecule has 2 rings (SSSR count). The van der Waals surface area contributed by atoms with Gasteiger partial charge >= 0.3 is 0 Å². The first kappa shape index (κ1) is 12.6. The number of carbonyl (C=O) groups excluding carboxylic acids is 2. The van der Waals surface area contributed by atoms with E-state index in [0.29, 0.717) is 0 Å². The van der Waals surface area contributed by atoms with E-state index in [9.17, 15) is 9.59 Å². The van der Waals surface area contributed by atoms with Crippen molar-refractivity contribution in [2.75, 3.05) is 19.4 Å². The zero-order chi connectivity index (χ0) is 13.3. The lowest BCUT2D eigenvalue weighted by atomic mass is 10.2. The fourth-order valence-electron chi connectivity index (χ4n) is 2.00. The molecule has 0 aliphatic carbocycles. The largest absolute Gasteiger partial charge is 0.373 e. The standard InChI is InChI=1S/C13H17N3O2/c1-9-4-6-10(7-5-9)14-11-8-12(17)16(13(11)18)15(2)3/h4-7,11,14H,8H2,1-3H3/t11-/m1/s1. The highest BCUT2D eigenvalue weighted by Crippen LogP contribution is 2.19. The van der Waals surface area contributed by atoms with Crippen LogP contribution in [0.1, 0.15) is 12.0 Å². The van der Waals surface area contributed by atoms with Gasteiger partial charge in [0.15, 0.2) is 0 Å². The zero-order valence-electron chi connectivity index (χ0n) is 10.8. The number of nitrogens with zero attached hydrogens (tertiary/aromatic N) is 2. The van der Waals surface area contributed by atoms with Crippen molar-refractivity contribution in [3.63, 3.8) is 0 Å². The molecular weight excluding hydrogens is 230 g/mol. The SMILES string of the molecule is Cc1ccc(N[C@@H]2CC(=O)N(N(C)C)C2=O)cc1. The van der Waals surface area contributed by atoms with E-state index in [-0.39, 0.29) is 18.2 Å². The summed E-state index contributed by atoms with van der Waals surface area (Å²) in [6.45, 7) is 2.00. The van der Waals surface area contributed by atoms with Crippen LogP contribution in [0.2, 0.25) is 0 Å². The second-order valence-electron chi connectivity index (χ2n) is 4.66. The first-order valence-corrected chi connectivity index (χ1v) is 5.86. The average Bonchev–Trinajstić information content (AvgIpc) is 2.57. The number of imide groups is 1. The molecule has 5 nitrogen and oxygen atoms in total. The van der Waals surface area contributed by atoms with E-state index in [2.05, 4.69) is 5.32 Å². The first-order valence-electron chi connectivity index (χ1n) is 5.86. The van der Waals surface area contributed by atoms with Crippen LogP contribution >= 0.6 is 0 Å². The predicted octanol–water partition coefficient (Wildman–Crippen LogP) is 1.01. The molecule has 1 aromatic rings. The van der Waals surface area contributed by atoms with Crippen LogP contribution in [-0.2, 0) is 9.59 Å². The zero-order valence-corrected chi connectivity index (χ0v) is 10.8. The number of benzene rings is 1. The Kier molecular flexibility index (Phi) is 3.34. The Hall–Kier alpha value is -1.88. The summed E-state index contributed by atoms with van der Waals surface area (Å²) in [7, 11) is 3.37. The van der Waals surface area contributed by atoms with Gasteiger partial charge < -0.3 is 5.32 Å². The molecule has 0 unspecified atom stereocenters. The van der Waals surface area contributed by atoms with Crippen LogP contribution in [0.5, 0.6) is 0 Å². The quantitative estimate of drug-likeness (QED) is 0.810. The van der Waals surface area contributed by atoms with E-state index in [0.717, 1.165) is 11.3 Å². The van der Waals surface area contributed by atoms with Crippen LogP contribution in [0, 0.1) is 6.92 Å². The molecule has 5 heteroatoms. The Morgan fingerprint density at radius 2 is 1.83 bits per heavy atom. The maximum atomic E-state index is 12.0. The summed E-state index contributed by atoms with van der Waals surface area (Å²) in [6, 6.07) is 7.28. The second kappa shape index (κ2) is 4.78. The molecule has 1 aliphatic rings. The van der Waals surface area contributed by atoms with Gasteiger partial charge in [0.2, 0.25) is 5.91 Å². The highest BCUT2D eigenvalue weighted by atomic mass is 16.2. The number of hydrogen-bond donors (Lipinski definition) is 1. The van der Waals surface area contributed by atoms with Crippen molar-refractivity contribution in [2.45, 2.75) is 19.4 Å². The van der Waals surface area contributed by atoms with Crippen molar-refractivity contribution >= 4 is 17.5 Å². The van der Waals surface area contributed by atoms with Gasteiger partial charge in [-0.15, -0.1) is 0 Å². The number of anilines is 1. The molecule has 2 amide bonds. The molecule has 1 saturated heterocycles. The molecule has 18 heavy (non-hydrogen) atoms. The number of rotatable bonds is 3. The number of carbonyl (C=O) groups is 2. The molecule has 0 radical (unpaired) electrons. The van der Waals surface area contributed by atoms with Crippen LogP contribution in [0.15, 0.2) is 24.3 Å². The molecule has 0 aromatic heterocycles. The normalized spacial score (nSPS) is 19.8. The Balaban J connectivity index is 2.10. The van der Waals surface area contributed by atoms with Gasteiger partial charge in [-0.25, -0.2) is 10.0 Å². The minimum atomic E-state index is -0.470. The van der Waals surface area contributed by atoms with E-state index in [1.807, 2.05) is 31.2 Å². The van der Waals surface area contributed by atoms with E-state index in [4.69, 9.17) is 0 Å². The second-order valence-corrected chi connectivity index (χ2v) is 4.66. The number of aryl methyl sites for hydroxylation is 1. The Morgan fingerprint density at radius 3 is 2.33 bits per heavy atom. The Morgan fingerprint density at radius 1 is 1.22 bits per heavy atom. The molecular formula is C13H17N3O2. The molecule has 1 aliphatic heterocycles. The monoisotopic (exact) mass is 247 g/mol. The van der Waals surface area contributed by atoms with E-state index in [1.165, 1.54) is 10.0 Å². The van der Waals surface area contributed by atoms with Gasteiger partial charge in [-0.2, -0.15) is 0 Å². The number of nitrogens with one attached hydrogen (secondary N) is 1. The maximum absolute atomic E-state index is 12.0. The van der Waals surface area contributed by atoms with Gasteiger partial charge in [-0.1, -0.05) is 17.7 Å². The fraction of sp³-hybridized carbons (Fsp3) is 0.385. The summed E-state index contributed by atoms with van der Waals surface area (Å²) in [5.41, 5.74) is 2.01. The van der Waals surface area contributed by atoms with Crippen molar-refractivity contribution in [3.8, 4) is 0 Å². The van der Waals surface area contributed by atoms with Crippen LogP contribution in [-0.4, -0.2) is 42.0 Å². The van der Waals surface area contributed by atoms with Gasteiger partial charge in [0.1, 0.15) is 6.04 Å². The molecule has 0 spiro atoms. The van der Waals surface area contributed by atoms with E-state index in [1.54, 1.807) is 14.1 Å². The number of hydrazine groups is 1. The fourth-order valence-corrected chi connectivity index (χ4v) is 2.00. The Labute approximate surface area is 106 Å². The lowest BCUT2D eigenvalue weighted by molar-refractivity contribution is -0.152. The highest BCUT2D eigenvalue weighted by Gasteiger charge is 2.39. The Bertz CT molecular complexity index is 468. The van der Waals surface area contributed by atoms with Crippen LogP contribution < -0.4 is 5.32 Å². The average molecular weight is 247 g/mol. The molecule has 1 aromatic carbocycles. The summed E-state index contributed by atoms with van der Waals surface area (Å²) < 4.78 is 0. The van der Waals surface area contributed by atoms with Crippen molar-refractivity contribution < 1.29 is 9.59 Å². The van der Waals surface area contributed by atoms with Gasteiger partial charge in [0, 0.05) is 19.8 Å². The minimum Gasteiger partial charge on any atom is -0.373 e. The molecule has 0 bridgehead atoms. The summed E-state index contributed by atoms with van der Waals surface area (Å²) >= 11 is 0. The van der Waals surface area contributed by atoms with Crippen LogP contribution in [0.3, 0.4) is 0 Å². The van der Waals surface area contributed by atoms with E-state index < -0.39 is 6.04 Å². The number of hydrogen-bond acceptors (Lipinski definition) is 4. The first-order chi connectivity index (χ1) is 8.49. The maximum Gasteiger partial charge on any atom is 0.266 e. The topological polar surface area (TPSA) is 52.7 Å². The third-order valence-electron chi connectivity index (χ3n) is 2.91. The third kappa shape index (κ3) is 2.36. The van der Waals surface area contributed by atoms with Gasteiger partial charge in [0.25, 0.3) is 5.91 Å². The number of amides is 2. The van der Waals surface area contributed by atoms with Gasteiger partial charge in [0.05, 0.1) is 6.42 Å². The van der Waals surface area contributed by atoms with Crippen molar-refractivity contribution in [3.05, 3.63) is 29.8 Å². The molecule has 96 valence electrons. The lowest BCUT2D eigenvalue weighted by Crippen LogP contribution is -2.43. The summed E-state index contributed by atoms with van der Waals surface area (Å²) in [6.07, 6.45) is 0.199. The summed E-state index contributed by atoms with van der Waals surface area (Å²) in [4.78, 5) is 23.7. The third-order valence-corrected chi connectivity index (χ3v) is 2.91. The summed E-state index contributed by atoms with van der Waals surface area (Å²) in [5, 5.41) is 5.78. The van der Waals surface area contributed by atoms with Crippen LogP contribution in [0.4, 0.5) is 5.69 Å². The van der Waals surface area contributed by atoms with E-state index >= 15 is 0 Å². The van der Waals surface area contributed by atoms with Crippen molar-refractivity contribution in [1.29, 1.82) is 0 Å². The predicted molar refractivity (Wildman–Crippen MR) is 68.7 cm³/mol. The van der Waals surface area contributed by atoms with Gasteiger partial charge in [-0.05, 0) is 19.1 Å². The molecule has 1 fully saturated rings. The molecule has 1 heterocycles. The molecule has 1 atom stereocenters. The smallest absolute Gasteiger partial charge is 0.266 e. The van der Waals surface area contributed by atoms with Crippen LogP contribution in [0.25, 0.3) is 0 Å².